The SMILES string of the molecule is CCc1ccc(C(=O)O[C@H](C)C(=O)Nc2ccc(Cl)cc2Cl)cc1. The Hall–Kier alpha value is -2.04. The number of benzene rings is 2. The van der Waals surface area contributed by atoms with Crippen molar-refractivity contribution in [1.29, 1.82) is 0 Å². The van der Waals surface area contributed by atoms with Crippen molar-refractivity contribution in [2.45, 2.75) is 26.4 Å². The predicted molar refractivity (Wildman–Crippen MR) is 95.8 cm³/mol. The number of esters is 1. The molecule has 0 saturated carbocycles. The second-order valence-corrected chi connectivity index (χ2v) is 6.06. The molecule has 4 nitrogen and oxygen atoms in total. The van der Waals surface area contributed by atoms with Crippen molar-refractivity contribution in [3.63, 3.8) is 0 Å². The molecular weight excluding hydrogens is 349 g/mol. The van der Waals surface area contributed by atoms with Crippen LogP contribution in [0.4, 0.5) is 5.69 Å². The molecule has 2 aromatic rings. The van der Waals surface area contributed by atoms with Crippen molar-refractivity contribution in [3.05, 3.63) is 63.6 Å². The van der Waals surface area contributed by atoms with E-state index in [2.05, 4.69) is 5.32 Å². The van der Waals surface area contributed by atoms with Gasteiger partial charge in [-0.15, -0.1) is 0 Å². The van der Waals surface area contributed by atoms with E-state index >= 15 is 0 Å². The number of hydrogen-bond donors (Lipinski definition) is 1. The summed E-state index contributed by atoms with van der Waals surface area (Å²) in [6.45, 7) is 3.53. The fourth-order valence-electron chi connectivity index (χ4n) is 1.98. The molecule has 0 aliphatic carbocycles. The Balaban J connectivity index is 1.98. The van der Waals surface area contributed by atoms with E-state index in [9.17, 15) is 9.59 Å². The maximum atomic E-state index is 12.1. The molecule has 0 aliphatic rings. The topological polar surface area (TPSA) is 55.4 Å². The van der Waals surface area contributed by atoms with E-state index in [4.69, 9.17) is 27.9 Å². The molecule has 0 bridgehead atoms. The molecule has 0 spiro atoms. The molecular formula is C18H17Cl2NO3. The molecule has 0 unspecified atom stereocenters. The fraction of sp³-hybridized carbons (Fsp3) is 0.222. The third-order valence-electron chi connectivity index (χ3n) is 3.44. The minimum atomic E-state index is -0.963. The molecule has 0 heterocycles. The van der Waals surface area contributed by atoms with Gasteiger partial charge in [0.25, 0.3) is 5.91 Å². The zero-order valence-corrected chi connectivity index (χ0v) is 14.8. The van der Waals surface area contributed by atoms with Crippen LogP contribution in [0.2, 0.25) is 10.0 Å². The van der Waals surface area contributed by atoms with E-state index in [1.807, 2.05) is 19.1 Å². The van der Waals surface area contributed by atoms with Crippen molar-refractivity contribution in [2.75, 3.05) is 5.32 Å². The van der Waals surface area contributed by atoms with E-state index in [-0.39, 0.29) is 0 Å². The molecule has 2 rings (SSSR count). The first-order valence-corrected chi connectivity index (χ1v) is 8.22. The number of anilines is 1. The van der Waals surface area contributed by atoms with Gasteiger partial charge in [0.1, 0.15) is 0 Å². The van der Waals surface area contributed by atoms with Gasteiger partial charge in [-0.25, -0.2) is 4.79 Å². The lowest BCUT2D eigenvalue weighted by atomic mass is 10.1. The van der Waals surface area contributed by atoms with Crippen molar-refractivity contribution in [3.8, 4) is 0 Å². The van der Waals surface area contributed by atoms with Crippen LogP contribution in [-0.4, -0.2) is 18.0 Å². The molecule has 1 N–H and O–H groups in total. The first kappa shape index (κ1) is 18.3. The monoisotopic (exact) mass is 365 g/mol. The quantitative estimate of drug-likeness (QED) is 0.778. The Morgan fingerprint density at radius 2 is 1.79 bits per heavy atom. The molecule has 126 valence electrons. The normalized spacial score (nSPS) is 11.7. The zero-order chi connectivity index (χ0) is 17.7. The Kier molecular flexibility index (Phi) is 6.23. The van der Waals surface area contributed by atoms with Crippen LogP contribution in [0.25, 0.3) is 0 Å². The molecule has 1 atom stereocenters. The smallest absolute Gasteiger partial charge is 0.338 e. The van der Waals surface area contributed by atoms with Gasteiger partial charge in [0.05, 0.1) is 16.3 Å². The highest BCUT2D eigenvalue weighted by molar-refractivity contribution is 6.36. The van der Waals surface area contributed by atoms with E-state index in [1.54, 1.807) is 24.3 Å². The predicted octanol–water partition coefficient (Wildman–Crippen LogP) is 4.74. The van der Waals surface area contributed by atoms with Crippen LogP contribution in [0.1, 0.15) is 29.8 Å². The van der Waals surface area contributed by atoms with Crippen molar-refractivity contribution >= 4 is 40.8 Å². The summed E-state index contributed by atoms with van der Waals surface area (Å²) in [5.41, 5.74) is 1.92. The molecule has 6 heteroatoms. The molecule has 0 aromatic heterocycles. The van der Waals surface area contributed by atoms with Crippen LogP contribution in [0.15, 0.2) is 42.5 Å². The molecule has 0 fully saturated rings. The number of rotatable bonds is 5. The van der Waals surface area contributed by atoms with Crippen LogP contribution < -0.4 is 5.32 Å². The minimum absolute atomic E-state index is 0.310. The summed E-state index contributed by atoms with van der Waals surface area (Å²) in [5.74, 6) is -1.03. The number of halogens is 2. The van der Waals surface area contributed by atoms with Crippen LogP contribution in [-0.2, 0) is 16.0 Å². The number of nitrogens with one attached hydrogen (secondary N) is 1. The summed E-state index contributed by atoms with van der Waals surface area (Å²) in [7, 11) is 0. The number of ether oxygens (including phenoxy) is 1. The fourth-order valence-corrected chi connectivity index (χ4v) is 2.44. The highest BCUT2D eigenvalue weighted by atomic mass is 35.5. The average Bonchev–Trinajstić information content (AvgIpc) is 2.57. The summed E-state index contributed by atoms with van der Waals surface area (Å²) < 4.78 is 5.19. The van der Waals surface area contributed by atoms with E-state index < -0.39 is 18.0 Å². The first-order chi connectivity index (χ1) is 11.4. The highest BCUT2D eigenvalue weighted by Crippen LogP contribution is 2.25. The Morgan fingerprint density at radius 1 is 1.12 bits per heavy atom. The van der Waals surface area contributed by atoms with Gasteiger partial charge < -0.3 is 10.1 Å². The van der Waals surface area contributed by atoms with Crippen LogP contribution in [0, 0.1) is 0 Å². The lowest BCUT2D eigenvalue weighted by Gasteiger charge is -2.14. The van der Waals surface area contributed by atoms with E-state index in [1.165, 1.54) is 13.0 Å². The summed E-state index contributed by atoms with van der Waals surface area (Å²) >= 11 is 11.8. The first-order valence-electron chi connectivity index (χ1n) is 7.46. The Labute approximate surface area is 150 Å². The Bertz CT molecular complexity index is 744. The second kappa shape index (κ2) is 8.18. The number of hydrogen-bond acceptors (Lipinski definition) is 3. The highest BCUT2D eigenvalue weighted by Gasteiger charge is 2.19. The van der Waals surface area contributed by atoms with Gasteiger partial charge in [0.2, 0.25) is 0 Å². The number of aryl methyl sites for hydroxylation is 1. The summed E-state index contributed by atoms with van der Waals surface area (Å²) in [6.07, 6.45) is -0.0780. The van der Waals surface area contributed by atoms with Gasteiger partial charge in [0, 0.05) is 5.02 Å². The summed E-state index contributed by atoms with van der Waals surface area (Å²) in [4.78, 5) is 24.2. The number of amides is 1. The third kappa shape index (κ3) is 4.73. The molecule has 0 saturated heterocycles. The van der Waals surface area contributed by atoms with E-state index in [0.717, 1.165) is 12.0 Å². The van der Waals surface area contributed by atoms with Gasteiger partial charge in [-0.2, -0.15) is 0 Å². The number of carbonyl (C=O) groups is 2. The summed E-state index contributed by atoms with van der Waals surface area (Å²) in [5, 5.41) is 3.38. The van der Waals surface area contributed by atoms with Crippen molar-refractivity contribution in [2.24, 2.45) is 0 Å². The lowest BCUT2D eigenvalue weighted by molar-refractivity contribution is -0.123. The van der Waals surface area contributed by atoms with E-state index in [0.29, 0.717) is 21.3 Å². The molecule has 1 amide bonds. The lowest BCUT2D eigenvalue weighted by Crippen LogP contribution is -2.30. The van der Waals surface area contributed by atoms with Gasteiger partial charge in [-0.05, 0) is 49.2 Å². The van der Waals surface area contributed by atoms with Gasteiger partial charge >= 0.3 is 5.97 Å². The third-order valence-corrected chi connectivity index (χ3v) is 3.99. The van der Waals surface area contributed by atoms with Crippen molar-refractivity contribution in [1.82, 2.24) is 0 Å². The van der Waals surface area contributed by atoms with Crippen LogP contribution >= 0.6 is 23.2 Å². The van der Waals surface area contributed by atoms with Gasteiger partial charge in [-0.1, -0.05) is 42.3 Å². The maximum absolute atomic E-state index is 12.1. The zero-order valence-electron chi connectivity index (χ0n) is 13.3. The minimum Gasteiger partial charge on any atom is -0.449 e. The largest absolute Gasteiger partial charge is 0.449 e. The molecule has 24 heavy (non-hydrogen) atoms. The van der Waals surface area contributed by atoms with Gasteiger partial charge in [-0.3, -0.25) is 4.79 Å². The standard InChI is InChI=1S/C18H17Cl2NO3/c1-3-12-4-6-13(7-5-12)18(23)24-11(2)17(22)21-16-9-8-14(19)10-15(16)20/h4-11H,3H2,1-2H3,(H,21,22)/t11-/m1/s1. The molecule has 2 aromatic carbocycles. The molecule has 0 radical (unpaired) electrons. The number of carbonyl (C=O) groups excluding carboxylic acids is 2. The van der Waals surface area contributed by atoms with Gasteiger partial charge in [0.15, 0.2) is 6.10 Å². The second-order valence-electron chi connectivity index (χ2n) is 5.21. The Morgan fingerprint density at radius 3 is 2.38 bits per heavy atom. The van der Waals surface area contributed by atoms with Crippen molar-refractivity contribution < 1.29 is 14.3 Å². The maximum Gasteiger partial charge on any atom is 0.338 e. The average molecular weight is 366 g/mol. The van der Waals surface area contributed by atoms with Crippen LogP contribution in [0.5, 0.6) is 0 Å². The summed E-state index contributed by atoms with van der Waals surface area (Å²) in [6, 6.07) is 11.8. The van der Waals surface area contributed by atoms with Crippen LogP contribution in [0.3, 0.4) is 0 Å². The molecule has 0 aliphatic heterocycles.